The van der Waals surface area contributed by atoms with Crippen LogP contribution < -0.4 is 14.8 Å². The van der Waals surface area contributed by atoms with Crippen LogP contribution in [-0.2, 0) is 4.79 Å². The second kappa shape index (κ2) is 7.02. The predicted octanol–water partition coefficient (Wildman–Crippen LogP) is 2.31. The third-order valence-electron chi connectivity index (χ3n) is 3.77. The first-order valence-corrected chi connectivity index (χ1v) is 8.39. The number of carbonyl (C=O) groups is 1. The monoisotopic (exact) mass is 332 g/mol. The molecule has 6 heteroatoms. The van der Waals surface area contributed by atoms with Crippen molar-refractivity contribution in [2.45, 2.75) is 12.1 Å². The van der Waals surface area contributed by atoms with E-state index in [1.807, 2.05) is 49.8 Å². The second-order valence-corrected chi connectivity index (χ2v) is 6.58. The van der Waals surface area contributed by atoms with E-state index in [1.165, 1.54) is 4.88 Å². The number of amides is 1. The van der Waals surface area contributed by atoms with E-state index in [0.717, 1.165) is 0 Å². The average molecular weight is 332 g/mol. The fourth-order valence-electron chi connectivity index (χ4n) is 2.48. The number of nitrogens with one attached hydrogen (secondary N) is 1. The van der Waals surface area contributed by atoms with Crippen molar-refractivity contribution < 1.29 is 14.3 Å². The minimum Gasteiger partial charge on any atom is -0.485 e. The zero-order valence-corrected chi connectivity index (χ0v) is 14.0. The van der Waals surface area contributed by atoms with Gasteiger partial charge in [-0.25, -0.2) is 0 Å². The van der Waals surface area contributed by atoms with E-state index in [4.69, 9.17) is 9.47 Å². The molecule has 0 bridgehead atoms. The Morgan fingerprint density at radius 3 is 2.78 bits per heavy atom. The number of hydrogen-bond acceptors (Lipinski definition) is 5. The number of hydrogen-bond donors (Lipinski definition) is 1. The lowest BCUT2D eigenvalue weighted by molar-refractivity contribution is -0.130. The molecule has 1 amide bonds. The molecule has 3 rings (SSSR count). The van der Waals surface area contributed by atoms with Gasteiger partial charge in [0.2, 0.25) is 6.10 Å². The number of ether oxygens (including phenoxy) is 2. The van der Waals surface area contributed by atoms with Crippen molar-refractivity contribution in [1.82, 2.24) is 10.2 Å². The third-order valence-corrected chi connectivity index (χ3v) is 4.74. The first-order chi connectivity index (χ1) is 11.1. The van der Waals surface area contributed by atoms with Crippen molar-refractivity contribution in [2.24, 2.45) is 0 Å². The van der Waals surface area contributed by atoms with Gasteiger partial charge in [0, 0.05) is 11.4 Å². The summed E-state index contributed by atoms with van der Waals surface area (Å²) in [5, 5.41) is 5.02. The summed E-state index contributed by atoms with van der Waals surface area (Å²) in [5.41, 5.74) is 0. The normalized spacial score (nSPS) is 17.8. The molecule has 0 spiro atoms. The Bertz CT molecular complexity index is 658. The molecule has 1 N–H and O–H groups in total. The highest BCUT2D eigenvalue weighted by Gasteiger charge is 2.28. The highest BCUT2D eigenvalue weighted by molar-refractivity contribution is 7.10. The molecule has 5 nitrogen and oxygen atoms in total. The molecule has 1 aliphatic rings. The molecule has 1 aromatic heterocycles. The molecule has 122 valence electrons. The van der Waals surface area contributed by atoms with Crippen molar-refractivity contribution >= 4 is 17.2 Å². The molecule has 1 aliphatic heterocycles. The molecule has 2 unspecified atom stereocenters. The summed E-state index contributed by atoms with van der Waals surface area (Å²) >= 11 is 1.69. The lowest BCUT2D eigenvalue weighted by Gasteiger charge is -2.27. The van der Waals surface area contributed by atoms with Crippen molar-refractivity contribution in [3.05, 3.63) is 46.7 Å². The Kier molecular flexibility index (Phi) is 4.83. The molecule has 2 heterocycles. The Hall–Kier alpha value is -2.05. The first-order valence-electron chi connectivity index (χ1n) is 7.51. The average Bonchev–Trinajstić information content (AvgIpc) is 3.08. The summed E-state index contributed by atoms with van der Waals surface area (Å²) in [6.45, 7) is 0.766. The van der Waals surface area contributed by atoms with Gasteiger partial charge in [-0.2, -0.15) is 0 Å². The lowest BCUT2D eigenvalue weighted by atomic mass is 10.2. The van der Waals surface area contributed by atoms with E-state index >= 15 is 0 Å². The molecule has 0 aliphatic carbocycles. The summed E-state index contributed by atoms with van der Waals surface area (Å²) in [5.74, 6) is 1.14. The van der Waals surface area contributed by atoms with E-state index in [-0.39, 0.29) is 18.6 Å². The summed E-state index contributed by atoms with van der Waals surface area (Å²) < 4.78 is 11.3. The molecule has 2 atom stereocenters. The van der Waals surface area contributed by atoms with Crippen LogP contribution in [0.2, 0.25) is 0 Å². The highest BCUT2D eigenvalue weighted by atomic mass is 32.1. The number of benzene rings is 1. The SMILES string of the molecule is CN(C)C(CNC(=O)C1COc2ccccc2O1)c1cccs1. The first kappa shape index (κ1) is 15.8. The van der Waals surface area contributed by atoms with Gasteiger partial charge in [-0.1, -0.05) is 18.2 Å². The fraction of sp³-hybridized carbons (Fsp3) is 0.353. The van der Waals surface area contributed by atoms with Crippen molar-refractivity contribution in [3.63, 3.8) is 0 Å². The molecular weight excluding hydrogens is 312 g/mol. The molecule has 0 fully saturated rings. The number of fused-ring (bicyclic) bond motifs is 1. The van der Waals surface area contributed by atoms with Crippen LogP contribution in [0.15, 0.2) is 41.8 Å². The predicted molar refractivity (Wildman–Crippen MR) is 90.1 cm³/mol. The molecule has 0 saturated carbocycles. The van der Waals surface area contributed by atoms with E-state index in [0.29, 0.717) is 18.0 Å². The largest absolute Gasteiger partial charge is 0.485 e. The number of thiophene rings is 1. The van der Waals surface area contributed by atoms with E-state index < -0.39 is 6.10 Å². The van der Waals surface area contributed by atoms with E-state index in [9.17, 15) is 4.79 Å². The minimum absolute atomic E-state index is 0.149. The Balaban J connectivity index is 1.59. The van der Waals surface area contributed by atoms with E-state index in [1.54, 1.807) is 11.3 Å². The van der Waals surface area contributed by atoms with Crippen LogP contribution in [0.4, 0.5) is 0 Å². The Labute approximate surface area is 139 Å². The van der Waals surface area contributed by atoms with Crippen LogP contribution in [0.1, 0.15) is 10.9 Å². The maximum absolute atomic E-state index is 12.4. The Morgan fingerprint density at radius 2 is 2.09 bits per heavy atom. The summed E-state index contributed by atoms with van der Waals surface area (Å²) in [6, 6.07) is 11.6. The lowest BCUT2D eigenvalue weighted by Crippen LogP contribution is -2.46. The van der Waals surface area contributed by atoms with Gasteiger partial charge in [-0.3, -0.25) is 4.79 Å². The molecule has 0 saturated heterocycles. The van der Waals surface area contributed by atoms with Gasteiger partial charge in [0.05, 0.1) is 6.04 Å². The molecular formula is C17H20N2O3S. The van der Waals surface area contributed by atoms with Crippen LogP contribution in [0, 0.1) is 0 Å². The Morgan fingerprint density at radius 1 is 1.30 bits per heavy atom. The zero-order chi connectivity index (χ0) is 16.2. The van der Waals surface area contributed by atoms with Gasteiger partial charge < -0.3 is 19.7 Å². The highest BCUT2D eigenvalue weighted by Crippen LogP contribution is 2.31. The maximum atomic E-state index is 12.4. The second-order valence-electron chi connectivity index (χ2n) is 5.60. The van der Waals surface area contributed by atoms with Gasteiger partial charge in [-0.15, -0.1) is 11.3 Å². The van der Waals surface area contributed by atoms with Crippen molar-refractivity contribution in [2.75, 3.05) is 27.2 Å². The summed E-state index contributed by atoms with van der Waals surface area (Å²) in [7, 11) is 4.01. The maximum Gasteiger partial charge on any atom is 0.264 e. The van der Waals surface area contributed by atoms with Gasteiger partial charge in [-0.05, 0) is 37.7 Å². The molecule has 23 heavy (non-hydrogen) atoms. The number of likely N-dealkylation sites (N-methyl/N-ethyl adjacent to an activating group) is 1. The van der Waals surface area contributed by atoms with Crippen LogP contribution >= 0.6 is 11.3 Å². The van der Waals surface area contributed by atoms with Crippen LogP contribution in [0.5, 0.6) is 11.5 Å². The standard InChI is InChI=1S/C17H20N2O3S/c1-19(2)12(16-8-5-9-23-16)10-18-17(20)15-11-21-13-6-3-4-7-14(13)22-15/h3-9,12,15H,10-11H2,1-2H3,(H,18,20). The van der Waals surface area contributed by atoms with Gasteiger partial charge >= 0.3 is 0 Å². The topological polar surface area (TPSA) is 50.8 Å². The number of nitrogens with zero attached hydrogens (tertiary/aromatic N) is 1. The molecule has 2 aromatic rings. The number of rotatable bonds is 5. The minimum atomic E-state index is -0.615. The van der Waals surface area contributed by atoms with Gasteiger partial charge in [0.15, 0.2) is 11.5 Å². The third kappa shape index (κ3) is 3.65. The molecule has 0 radical (unpaired) electrons. The van der Waals surface area contributed by atoms with Crippen LogP contribution in [0.25, 0.3) is 0 Å². The van der Waals surface area contributed by atoms with E-state index in [2.05, 4.69) is 16.3 Å². The van der Waals surface area contributed by atoms with Gasteiger partial charge in [0.25, 0.3) is 5.91 Å². The smallest absolute Gasteiger partial charge is 0.264 e. The van der Waals surface area contributed by atoms with Crippen molar-refractivity contribution in [3.8, 4) is 11.5 Å². The van der Waals surface area contributed by atoms with Crippen molar-refractivity contribution in [1.29, 1.82) is 0 Å². The summed E-state index contributed by atoms with van der Waals surface area (Å²) in [4.78, 5) is 15.7. The van der Waals surface area contributed by atoms with Gasteiger partial charge in [0.1, 0.15) is 6.61 Å². The number of para-hydroxylation sites is 2. The van der Waals surface area contributed by atoms with Crippen LogP contribution in [0.3, 0.4) is 0 Å². The molecule has 1 aromatic carbocycles. The summed E-state index contributed by atoms with van der Waals surface area (Å²) in [6.07, 6.45) is -0.615. The fourth-order valence-corrected chi connectivity index (χ4v) is 3.40. The quantitative estimate of drug-likeness (QED) is 0.913. The zero-order valence-electron chi connectivity index (χ0n) is 13.2. The number of carbonyl (C=O) groups excluding carboxylic acids is 1. The van der Waals surface area contributed by atoms with Crippen LogP contribution in [-0.4, -0.2) is 44.2 Å².